The third-order valence-electron chi connectivity index (χ3n) is 9.82. The number of oxime groups is 1. The van der Waals surface area contributed by atoms with Crippen molar-refractivity contribution < 1.29 is 33.1 Å². The van der Waals surface area contributed by atoms with Gasteiger partial charge in [0.05, 0.1) is 47.8 Å². The Bertz CT molecular complexity index is 1740. The van der Waals surface area contributed by atoms with Crippen LogP contribution >= 0.6 is 0 Å². The zero-order chi connectivity index (χ0) is 38.4. The number of urea groups is 1. The number of ether oxygens (including phenoxy) is 1. The number of nitrogens with zero attached hydrogens (tertiary/aromatic N) is 4. The van der Waals surface area contributed by atoms with Crippen LogP contribution in [-0.4, -0.2) is 96.5 Å². The first-order valence-corrected chi connectivity index (χ1v) is 19.6. The first-order valence-electron chi connectivity index (χ1n) is 18.2. The van der Waals surface area contributed by atoms with Crippen molar-refractivity contribution in [3.8, 4) is 0 Å². The Hall–Kier alpha value is -4.37. The molecule has 4 N–H and O–H groups in total. The number of carbonyl (C=O) groups excluding carboxylic acids is 2. The van der Waals surface area contributed by atoms with E-state index in [2.05, 4.69) is 20.8 Å². The van der Waals surface area contributed by atoms with Crippen LogP contribution in [0.25, 0.3) is 0 Å². The number of aliphatic hydroxyl groups is 1. The fourth-order valence-electron chi connectivity index (χ4n) is 6.56. The van der Waals surface area contributed by atoms with E-state index in [1.807, 2.05) is 62.4 Å². The molecule has 1 fully saturated rings. The van der Waals surface area contributed by atoms with Crippen LogP contribution in [0.4, 0.5) is 4.79 Å². The number of amides is 3. The number of aliphatic hydroxyl groups excluding tert-OH is 1. The van der Waals surface area contributed by atoms with Gasteiger partial charge in [0.1, 0.15) is 6.04 Å². The Morgan fingerprint density at radius 3 is 2.34 bits per heavy atom. The zero-order valence-corrected chi connectivity index (χ0v) is 31.9. The summed E-state index contributed by atoms with van der Waals surface area (Å²) in [6.07, 6.45) is 4.53. The number of hydrogen-bond donors (Lipinski definition) is 4. The molecule has 0 radical (unpaired) electrons. The fraction of sp³-hybridized carbons (Fsp3) is 0.487. The summed E-state index contributed by atoms with van der Waals surface area (Å²) in [5.74, 6) is -0.602. The van der Waals surface area contributed by atoms with E-state index in [9.17, 15) is 23.1 Å². The molecule has 0 bridgehead atoms. The molecule has 1 aliphatic carbocycles. The molecule has 1 aliphatic rings. The lowest BCUT2D eigenvalue weighted by atomic mass is 9.96. The number of methoxy groups -OCH3 is 1. The molecule has 14 heteroatoms. The second-order valence-corrected chi connectivity index (χ2v) is 15.8. The summed E-state index contributed by atoms with van der Waals surface area (Å²) < 4.78 is 34.7. The third kappa shape index (κ3) is 12.1. The number of benzene rings is 2. The molecule has 4 rings (SSSR count). The Morgan fingerprint density at radius 1 is 1.02 bits per heavy atom. The van der Waals surface area contributed by atoms with Gasteiger partial charge in [-0.1, -0.05) is 86.8 Å². The van der Waals surface area contributed by atoms with E-state index in [-0.39, 0.29) is 42.8 Å². The second kappa shape index (κ2) is 20.2. The molecule has 0 spiro atoms. The summed E-state index contributed by atoms with van der Waals surface area (Å²) in [5, 5.41) is 29.7. The lowest BCUT2D eigenvalue weighted by Gasteiger charge is -2.33. The first-order chi connectivity index (χ1) is 25.4. The van der Waals surface area contributed by atoms with Gasteiger partial charge in [0, 0.05) is 27.2 Å². The van der Waals surface area contributed by atoms with Gasteiger partial charge in [-0.05, 0) is 66.5 Å². The van der Waals surface area contributed by atoms with Crippen LogP contribution in [0.3, 0.4) is 0 Å². The molecule has 3 amide bonds. The van der Waals surface area contributed by atoms with Crippen molar-refractivity contribution in [1.82, 2.24) is 24.8 Å². The van der Waals surface area contributed by atoms with Crippen molar-refractivity contribution in [3.05, 3.63) is 95.3 Å². The van der Waals surface area contributed by atoms with Gasteiger partial charge in [0.15, 0.2) is 0 Å². The van der Waals surface area contributed by atoms with Crippen molar-refractivity contribution in [2.24, 2.45) is 17.0 Å². The van der Waals surface area contributed by atoms with Crippen LogP contribution in [-0.2, 0) is 39.1 Å². The minimum Gasteiger partial charge on any atom is -0.411 e. The SMILES string of the molecule is CC[C@H](C)[C@H](NC(=O)N(C)Cc1cccc(COC)n1)C(=O)N[C@@H](Cc1ccccc1)[C@@H](O)CN(CC1CCCC1)S(=O)(=O)c1ccc(C=NO)cc1. The number of hydrogen-bond acceptors (Lipinski definition) is 9. The summed E-state index contributed by atoms with van der Waals surface area (Å²) in [5.41, 5.74) is 2.77. The van der Waals surface area contributed by atoms with E-state index in [0.29, 0.717) is 24.3 Å². The molecule has 288 valence electrons. The number of sulfonamides is 1. The number of rotatable bonds is 19. The van der Waals surface area contributed by atoms with E-state index in [1.54, 1.807) is 26.3 Å². The zero-order valence-electron chi connectivity index (χ0n) is 31.1. The molecule has 3 aromatic rings. The Labute approximate surface area is 313 Å². The van der Waals surface area contributed by atoms with Crippen molar-refractivity contribution in [2.45, 2.75) is 88.6 Å². The second-order valence-electron chi connectivity index (χ2n) is 13.9. The molecular formula is C39H54N6O7S. The third-order valence-corrected chi connectivity index (χ3v) is 11.7. The number of aromatic nitrogens is 1. The van der Waals surface area contributed by atoms with Crippen molar-refractivity contribution in [1.29, 1.82) is 0 Å². The van der Waals surface area contributed by atoms with Gasteiger partial charge in [-0.3, -0.25) is 9.78 Å². The van der Waals surface area contributed by atoms with E-state index >= 15 is 0 Å². The average molecular weight is 751 g/mol. The van der Waals surface area contributed by atoms with Crippen LogP contribution < -0.4 is 10.6 Å². The molecule has 1 aromatic heterocycles. The number of pyridine rings is 1. The Balaban J connectivity index is 1.56. The predicted molar refractivity (Wildman–Crippen MR) is 203 cm³/mol. The number of nitrogens with one attached hydrogen (secondary N) is 2. The highest BCUT2D eigenvalue weighted by Gasteiger charge is 2.35. The molecule has 0 unspecified atom stereocenters. The van der Waals surface area contributed by atoms with E-state index in [0.717, 1.165) is 36.9 Å². The van der Waals surface area contributed by atoms with Crippen LogP contribution in [0, 0.1) is 11.8 Å². The summed E-state index contributed by atoms with van der Waals surface area (Å²) in [7, 11) is -0.850. The van der Waals surface area contributed by atoms with Crippen LogP contribution in [0.1, 0.15) is 68.5 Å². The number of carbonyl (C=O) groups is 2. The minimum absolute atomic E-state index is 0.0470. The van der Waals surface area contributed by atoms with E-state index < -0.39 is 40.1 Å². The topological polar surface area (TPSA) is 174 Å². The van der Waals surface area contributed by atoms with Gasteiger partial charge in [-0.25, -0.2) is 13.2 Å². The summed E-state index contributed by atoms with van der Waals surface area (Å²) in [4.78, 5) is 33.6. The summed E-state index contributed by atoms with van der Waals surface area (Å²) in [6.45, 7) is 4.32. The average Bonchev–Trinajstić information content (AvgIpc) is 3.67. The lowest BCUT2D eigenvalue weighted by molar-refractivity contribution is -0.125. The summed E-state index contributed by atoms with van der Waals surface area (Å²) in [6, 6.07) is 18.6. The molecule has 13 nitrogen and oxygen atoms in total. The highest BCUT2D eigenvalue weighted by atomic mass is 32.2. The molecular weight excluding hydrogens is 697 g/mol. The highest BCUT2D eigenvalue weighted by Crippen LogP contribution is 2.28. The predicted octanol–water partition coefficient (Wildman–Crippen LogP) is 4.56. The highest BCUT2D eigenvalue weighted by molar-refractivity contribution is 7.89. The maximum atomic E-state index is 14.1. The molecule has 0 aliphatic heterocycles. The molecule has 0 saturated heterocycles. The summed E-state index contributed by atoms with van der Waals surface area (Å²) >= 11 is 0. The Kier molecular flexibility index (Phi) is 15.8. The largest absolute Gasteiger partial charge is 0.411 e. The minimum atomic E-state index is -4.06. The maximum absolute atomic E-state index is 14.1. The van der Waals surface area contributed by atoms with Gasteiger partial charge in [0.2, 0.25) is 15.9 Å². The van der Waals surface area contributed by atoms with E-state index in [1.165, 1.54) is 27.6 Å². The maximum Gasteiger partial charge on any atom is 0.318 e. The van der Waals surface area contributed by atoms with E-state index in [4.69, 9.17) is 9.94 Å². The molecule has 4 atom stereocenters. The quantitative estimate of drug-likeness (QED) is 0.0784. The van der Waals surface area contributed by atoms with Crippen LogP contribution in [0.2, 0.25) is 0 Å². The van der Waals surface area contributed by atoms with Crippen molar-refractivity contribution in [3.63, 3.8) is 0 Å². The molecule has 53 heavy (non-hydrogen) atoms. The molecule has 1 heterocycles. The van der Waals surface area contributed by atoms with Crippen LogP contribution in [0.5, 0.6) is 0 Å². The van der Waals surface area contributed by atoms with Gasteiger partial charge < -0.3 is 30.6 Å². The van der Waals surface area contributed by atoms with Crippen molar-refractivity contribution in [2.75, 3.05) is 27.2 Å². The monoisotopic (exact) mass is 750 g/mol. The normalized spacial score (nSPS) is 16.0. The van der Waals surface area contributed by atoms with Crippen LogP contribution in [0.15, 0.2) is 82.8 Å². The Morgan fingerprint density at radius 2 is 1.70 bits per heavy atom. The molecule has 2 aromatic carbocycles. The van der Waals surface area contributed by atoms with Gasteiger partial charge >= 0.3 is 6.03 Å². The van der Waals surface area contributed by atoms with Crippen molar-refractivity contribution >= 4 is 28.2 Å². The fourth-order valence-corrected chi connectivity index (χ4v) is 8.09. The first kappa shape index (κ1) is 41.4. The lowest BCUT2D eigenvalue weighted by Crippen LogP contribution is -2.58. The van der Waals surface area contributed by atoms with Gasteiger partial charge in [-0.15, -0.1) is 0 Å². The standard InChI is InChI=1S/C39H54N6O7S/c1-5-28(2)37(43-39(48)44(3)25-32-16-11-17-33(41-32)27-52-4)38(47)42-35(22-29-12-7-6-8-13-29)36(46)26-45(24-31-14-9-10-15-31)53(50,51)34-20-18-30(19-21-34)23-40-49/h6-8,11-13,16-21,23,28,31,35-37,46,49H,5,9-10,14-15,22,24-27H2,1-4H3,(H,42,47)(H,43,48)/t28-,35-,36-,37-/m0/s1. The molecule has 1 saturated carbocycles. The smallest absolute Gasteiger partial charge is 0.318 e. The van der Waals surface area contributed by atoms with Gasteiger partial charge in [-0.2, -0.15) is 4.31 Å². The van der Waals surface area contributed by atoms with Gasteiger partial charge in [0.25, 0.3) is 0 Å².